The van der Waals surface area contributed by atoms with Gasteiger partial charge >= 0.3 is 6.03 Å². The minimum absolute atomic E-state index is 0.120. The van der Waals surface area contributed by atoms with Gasteiger partial charge in [0.1, 0.15) is 4.60 Å². The topological polar surface area (TPSA) is 80.0 Å². The van der Waals surface area contributed by atoms with E-state index < -0.39 is 6.03 Å². The fourth-order valence-electron chi connectivity index (χ4n) is 1.97. The number of rotatable bonds is 4. The van der Waals surface area contributed by atoms with Crippen molar-refractivity contribution in [1.29, 1.82) is 0 Å². The molecule has 2 aromatic rings. The van der Waals surface area contributed by atoms with E-state index in [0.29, 0.717) is 5.69 Å². The van der Waals surface area contributed by atoms with Gasteiger partial charge in [0, 0.05) is 11.7 Å². The van der Waals surface area contributed by atoms with Crippen molar-refractivity contribution in [3.05, 3.63) is 52.3 Å². The SMILES string of the molecule is Cc1cc(NC(C)c2ccc(NC(N)=O)cc2)cnc1Br. The van der Waals surface area contributed by atoms with Gasteiger partial charge in [-0.05, 0) is 59.1 Å². The highest BCUT2D eigenvalue weighted by Crippen LogP contribution is 2.23. The summed E-state index contributed by atoms with van der Waals surface area (Å²) in [5.41, 5.74) is 8.90. The van der Waals surface area contributed by atoms with Gasteiger partial charge in [0.15, 0.2) is 0 Å². The number of carbonyl (C=O) groups excluding carboxylic acids is 1. The molecule has 0 aliphatic heterocycles. The molecule has 5 nitrogen and oxygen atoms in total. The van der Waals surface area contributed by atoms with Crippen molar-refractivity contribution in [3.63, 3.8) is 0 Å². The van der Waals surface area contributed by atoms with E-state index in [4.69, 9.17) is 5.73 Å². The third kappa shape index (κ3) is 4.19. The average Bonchev–Trinajstić information content (AvgIpc) is 2.43. The zero-order valence-corrected chi connectivity index (χ0v) is 13.4. The van der Waals surface area contributed by atoms with Crippen LogP contribution in [0.4, 0.5) is 16.2 Å². The molecule has 2 amide bonds. The molecule has 0 radical (unpaired) electrons. The van der Waals surface area contributed by atoms with Crippen molar-refractivity contribution in [2.24, 2.45) is 5.73 Å². The molecule has 6 heteroatoms. The Morgan fingerprint density at radius 3 is 2.52 bits per heavy atom. The summed E-state index contributed by atoms with van der Waals surface area (Å²) >= 11 is 3.38. The van der Waals surface area contributed by atoms with Crippen LogP contribution < -0.4 is 16.4 Å². The summed E-state index contributed by atoms with van der Waals surface area (Å²) in [6, 6.07) is 9.13. The Kier molecular flexibility index (Phi) is 4.80. The Morgan fingerprint density at radius 1 is 1.29 bits per heavy atom. The van der Waals surface area contributed by atoms with Crippen LogP contribution in [0, 0.1) is 6.92 Å². The van der Waals surface area contributed by atoms with Gasteiger partial charge in [0.25, 0.3) is 0 Å². The maximum Gasteiger partial charge on any atom is 0.316 e. The van der Waals surface area contributed by atoms with E-state index in [9.17, 15) is 4.79 Å². The number of primary amides is 1. The lowest BCUT2D eigenvalue weighted by Crippen LogP contribution is -2.19. The lowest BCUT2D eigenvalue weighted by molar-refractivity contribution is 0.259. The minimum Gasteiger partial charge on any atom is -0.377 e. The lowest BCUT2D eigenvalue weighted by Gasteiger charge is -2.16. The molecule has 1 atom stereocenters. The second-order valence-corrected chi connectivity index (χ2v) is 5.56. The molecule has 0 aliphatic rings. The van der Waals surface area contributed by atoms with E-state index >= 15 is 0 Å². The van der Waals surface area contributed by atoms with Gasteiger partial charge < -0.3 is 16.4 Å². The molecule has 0 spiro atoms. The van der Waals surface area contributed by atoms with Crippen LogP contribution in [0.3, 0.4) is 0 Å². The highest BCUT2D eigenvalue weighted by Gasteiger charge is 2.07. The van der Waals surface area contributed by atoms with Crippen LogP contribution in [-0.2, 0) is 0 Å². The molecule has 0 fully saturated rings. The highest BCUT2D eigenvalue weighted by atomic mass is 79.9. The first kappa shape index (κ1) is 15.3. The van der Waals surface area contributed by atoms with Gasteiger partial charge in [0.05, 0.1) is 11.9 Å². The summed E-state index contributed by atoms with van der Waals surface area (Å²) < 4.78 is 0.850. The van der Waals surface area contributed by atoms with E-state index in [2.05, 4.69) is 38.5 Å². The first-order valence-corrected chi connectivity index (χ1v) is 7.30. The number of benzene rings is 1. The second-order valence-electron chi connectivity index (χ2n) is 4.81. The van der Waals surface area contributed by atoms with Gasteiger partial charge in [-0.3, -0.25) is 0 Å². The summed E-state index contributed by atoms with van der Waals surface area (Å²) in [7, 11) is 0. The van der Waals surface area contributed by atoms with Gasteiger partial charge in [-0.25, -0.2) is 9.78 Å². The Morgan fingerprint density at radius 2 is 1.95 bits per heavy atom. The smallest absolute Gasteiger partial charge is 0.316 e. The van der Waals surface area contributed by atoms with Crippen molar-refractivity contribution < 1.29 is 4.79 Å². The van der Waals surface area contributed by atoms with Gasteiger partial charge in [0.2, 0.25) is 0 Å². The molecule has 1 aromatic heterocycles. The number of aryl methyl sites for hydroxylation is 1. The summed E-state index contributed by atoms with van der Waals surface area (Å²) in [5, 5.41) is 5.93. The number of nitrogens with two attached hydrogens (primary N) is 1. The number of urea groups is 1. The Labute approximate surface area is 132 Å². The van der Waals surface area contributed by atoms with Gasteiger partial charge in [-0.15, -0.1) is 0 Å². The minimum atomic E-state index is -0.565. The Bertz CT molecular complexity index is 643. The van der Waals surface area contributed by atoms with Crippen LogP contribution in [0.25, 0.3) is 0 Å². The van der Waals surface area contributed by atoms with Crippen LogP contribution >= 0.6 is 15.9 Å². The zero-order chi connectivity index (χ0) is 15.4. The average molecular weight is 349 g/mol. The third-order valence-corrected chi connectivity index (χ3v) is 3.91. The van der Waals surface area contributed by atoms with E-state index in [1.165, 1.54) is 0 Å². The summed E-state index contributed by atoms with van der Waals surface area (Å²) in [4.78, 5) is 15.0. The van der Waals surface area contributed by atoms with Crippen LogP contribution in [0.5, 0.6) is 0 Å². The standard InChI is InChI=1S/C15H17BrN4O/c1-9-7-13(8-18-14(9)16)19-10(2)11-3-5-12(6-4-11)20-15(17)21/h3-8,10,19H,1-2H3,(H3,17,20,21). The quantitative estimate of drug-likeness (QED) is 0.734. The van der Waals surface area contributed by atoms with Crippen molar-refractivity contribution >= 4 is 33.3 Å². The van der Waals surface area contributed by atoms with E-state index in [-0.39, 0.29) is 6.04 Å². The van der Waals surface area contributed by atoms with Crippen molar-refractivity contribution in [3.8, 4) is 0 Å². The van der Waals surface area contributed by atoms with E-state index in [1.54, 1.807) is 6.20 Å². The van der Waals surface area contributed by atoms with Crippen LogP contribution in [0.15, 0.2) is 41.1 Å². The summed E-state index contributed by atoms with van der Waals surface area (Å²) in [5.74, 6) is 0. The molecular weight excluding hydrogens is 332 g/mol. The number of nitrogens with one attached hydrogen (secondary N) is 2. The molecule has 1 heterocycles. The van der Waals surface area contributed by atoms with Crippen LogP contribution in [-0.4, -0.2) is 11.0 Å². The number of carbonyl (C=O) groups is 1. The van der Waals surface area contributed by atoms with Crippen molar-refractivity contribution in [1.82, 2.24) is 4.98 Å². The highest BCUT2D eigenvalue weighted by molar-refractivity contribution is 9.10. The number of amides is 2. The van der Waals surface area contributed by atoms with Crippen molar-refractivity contribution in [2.45, 2.75) is 19.9 Å². The van der Waals surface area contributed by atoms with E-state index in [0.717, 1.165) is 21.4 Å². The molecule has 1 aromatic carbocycles. The molecule has 1 unspecified atom stereocenters. The number of aromatic nitrogens is 1. The normalized spacial score (nSPS) is 11.8. The Balaban J connectivity index is 2.07. The molecule has 0 saturated heterocycles. The number of anilines is 2. The summed E-state index contributed by atoms with van der Waals surface area (Å²) in [6.45, 7) is 4.06. The maximum absolute atomic E-state index is 10.8. The third-order valence-electron chi connectivity index (χ3n) is 3.08. The number of hydrogen-bond donors (Lipinski definition) is 3. The lowest BCUT2D eigenvalue weighted by atomic mass is 10.1. The number of halogens is 1. The number of hydrogen-bond acceptors (Lipinski definition) is 3. The predicted molar refractivity (Wildman–Crippen MR) is 88.4 cm³/mol. The number of nitrogens with zero attached hydrogens (tertiary/aromatic N) is 1. The molecule has 0 bridgehead atoms. The molecule has 21 heavy (non-hydrogen) atoms. The van der Waals surface area contributed by atoms with Gasteiger partial charge in [-0.1, -0.05) is 12.1 Å². The molecule has 4 N–H and O–H groups in total. The molecule has 0 aliphatic carbocycles. The molecular formula is C15H17BrN4O. The summed E-state index contributed by atoms with van der Waals surface area (Å²) in [6.07, 6.45) is 1.79. The second kappa shape index (κ2) is 6.58. The monoisotopic (exact) mass is 348 g/mol. The first-order valence-electron chi connectivity index (χ1n) is 6.51. The van der Waals surface area contributed by atoms with Crippen molar-refractivity contribution in [2.75, 3.05) is 10.6 Å². The molecule has 0 saturated carbocycles. The zero-order valence-electron chi connectivity index (χ0n) is 11.9. The molecule has 110 valence electrons. The van der Waals surface area contributed by atoms with Crippen LogP contribution in [0.2, 0.25) is 0 Å². The molecule has 2 rings (SSSR count). The fourth-order valence-corrected chi connectivity index (χ4v) is 2.18. The van der Waals surface area contributed by atoms with Crippen LogP contribution in [0.1, 0.15) is 24.1 Å². The fraction of sp³-hybridized carbons (Fsp3) is 0.200. The first-order chi connectivity index (χ1) is 9.95. The predicted octanol–water partition coefficient (Wildman–Crippen LogP) is 3.82. The van der Waals surface area contributed by atoms with E-state index in [1.807, 2.05) is 37.3 Å². The largest absolute Gasteiger partial charge is 0.377 e. The Hall–Kier alpha value is -2.08. The van der Waals surface area contributed by atoms with Gasteiger partial charge in [-0.2, -0.15) is 0 Å². The maximum atomic E-state index is 10.8. The number of pyridine rings is 1.